The van der Waals surface area contributed by atoms with Crippen LogP contribution in [-0.2, 0) is 0 Å². The van der Waals surface area contributed by atoms with Crippen molar-refractivity contribution in [1.82, 2.24) is 4.98 Å². The van der Waals surface area contributed by atoms with Gasteiger partial charge in [0.15, 0.2) is 0 Å². The van der Waals surface area contributed by atoms with E-state index in [9.17, 15) is 0 Å². The van der Waals surface area contributed by atoms with Crippen LogP contribution in [-0.4, -0.2) is 4.98 Å². The first-order chi connectivity index (χ1) is 4.97. The van der Waals surface area contributed by atoms with E-state index in [1.165, 1.54) is 5.39 Å². The van der Waals surface area contributed by atoms with Gasteiger partial charge in [0.2, 0.25) is 0 Å². The Bertz CT molecular complexity index is 292. The molecule has 0 saturated heterocycles. The van der Waals surface area contributed by atoms with Gasteiger partial charge in [0.25, 0.3) is 0 Å². The predicted octanol–water partition coefficient (Wildman–Crippen LogP) is -3.53. The average molecular weight is 177 g/mol. The molecule has 0 aliphatic carbocycles. The topological polar surface area (TPSA) is 12.9 Å². The van der Waals surface area contributed by atoms with Gasteiger partial charge in [-0.15, -0.1) is 0 Å². The van der Waals surface area contributed by atoms with Crippen molar-refractivity contribution in [3.05, 3.63) is 42.6 Å². The second-order valence-electron chi connectivity index (χ2n) is 2.20. The zero-order valence-electron chi connectivity index (χ0n) is 9.49. The maximum atomic E-state index is 4.18. The van der Waals surface area contributed by atoms with Crippen molar-refractivity contribution >= 4 is 10.9 Å². The van der Waals surface area contributed by atoms with Crippen LogP contribution in [0.25, 0.3) is 10.9 Å². The molecule has 1 nitrogen and oxygen atoms in total. The summed E-state index contributed by atoms with van der Waals surface area (Å²) in [5.74, 6) is 0. The van der Waals surface area contributed by atoms with E-state index in [-0.39, 0.29) is 62.0 Å². The van der Waals surface area contributed by atoms with Crippen LogP contribution in [0.3, 0.4) is 0 Å². The van der Waals surface area contributed by atoms with E-state index in [0.29, 0.717) is 0 Å². The van der Waals surface area contributed by atoms with Gasteiger partial charge in [-0.05, 0) is 12.1 Å². The molecule has 2 rings (SSSR count). The summed E-state index contributed by atoms with van der Waals surface area (Å²) in [4.78, 5) is 4.18. The standard InChI is InChI=1S/C9H7N.2Na.2H/c1-2-6-9-8(4-1)5-3-7-10-9;;;;/h1-7H;;;;/q;2*+1;2*-1. The van der Waals surface area contributed by atoms with E-state index in [2.05, 4.69) is 17.1 Å². The minimum Gasteiger partial charge on any atom is -1.00 e. The maximum absolute atomic E-state index is 4.18. The van der Waals surface area contributed by atoms with Gasteiger partial charge in [-0.2, -0.15) is 0 Å². The Morgan fingerprint density at radius 2 is 1.58 bits per heavy atom. The summed E-state index contributed by atoms with van der Waals surface area (Å²) in [6.07, 6.45) is 1.81. The summed E-state index contributed by atoms with van der Waals surface area (Å²) in [6.45, 7) is 0. The molecule has 2 aromatic rings. The van der Waals surface area contributed by atoms with Crippen molar-refractivity contribution in [2.45, 2.75) is 0 Å². The number of hydrogen-bond donors (Lipinski definition) is 0. The Hall–Kier alpha value is 0.630. The van der Waals surface area contributed by atoms with Crippen LogP contribution >= 0.6 is 0 Å². The Morgan fingerprint density at radius 3 is 2.33 bits per heavy atom. The van der Waals surface area contributed by atoms with E-state index < -0.39 is 0 Å². The molecular weight excluding hydrogens is 168 g/mol. The second kappa shape index (κ2) is 6.14. The summed E-state index contributed by atoms with van der Waals surface area (Å²) in [6, 6.07) is 12.1. The average Bonchev–Trinajstić information content (AvgIpc) is 2.05. The van der Waals surface area contributed by atoms with Gasteiger partial charge in [0.05, 0.1) is 5.52 Å². The third kappa shape index (κ3) is 2.84. The number of fused-ring (bicyclic) bond motifs is 1. The Kier molecular flexibility index (Phi) is 6.46. The van der Waals surface area contributed by atoms with Gasteiger partial charge >= 0.3 is 59.1 Å². The molecule has 0 saturated carbocycles. The van der Waals surface area contributed by atoms with Crippen molar-refractivity contribution < 1.29 is 62.0 Å². The Labute approximate surface area is 119 Å². The number of pyridine rings is 1. The van der Waals surface area contributed by atoms with Crippen LogP contribution in [0.15, 0.2) is 42.6 Å². The number of nitrogens with zero attached hydrogens (tertiary/aromatic N) is 1. The van der Waals surface area contributed by atoms with Crippen molar-refractivity contribution in [2.24, 2.45) is 0 Å². The van der Waals surface area contributed by atoms with E-state index in [0.717, 1.165) is 5.52 Å². The monoisotopic (exact) mass is 177 g/mol. The van der Waals surface area contributed by atoms with Crippen molar-refractivity contribution in [1.29, 1.82) is 0 Å². The van der Waals surface area contributed by atoms with Gasteiger partial charge in [-0.1, -0.05) is 24.3 Å². The maximum Gasteiger partial charge on any atom is 1.00 e. The summed E-state index contributed by atoms with van der Waals surface area (Å²) in [5, 5.41) is 1.20. The largest absolute Gasteiger partial charge is 1.00 e. The van der Waals surface area contributed by atoms with Crippen LogP contribution in [0.5, 0.6) is 0 Å². The quantitative estimate of drug-likeness (QED) is 0.380. The molecule has 1 aromatic heterocycles. The van der Waals surface area contributed by atoms with Crippen LogP contribution in [0.2, 0.25) is 0 Å². The van der Waals surface area contributed by atoms with E-state index in [4.69, 9.17) is 0 Å². The van der Waals surface area contributed by atoms with Crippen LogP contribution in [0.4, 0.5) is 0 Å². The normalized spacial score (nSPS) is 8.33. The fourth-order valence-corrected chi connectivity index (χ4v) is 1.02. The zero-order chi connectivity index (χ0) is 6.81. The fraction of sp³-hybridized carbons (Fsp3) is 0. The van der Waals surface area contributed by atoms with E-state index in [1.54, 1.807) is 0 Å². The zero-order valence-corrected chi connectivity index (χ0v) is 11.5. The number of benzene rings is 1. The SMILES string of the molecule is [H-].[H-].[Na+].[Na+].c1ccc2ncccc2c1. The van der Waals surface area contributed by atoms with Crippen LogP contribution < -0.4 is 59.1 Å². The molecule has 0 bridgehead atoms. The fourth-order valence-electron chi connectivity index (χ4n) is 1.02. The molecule has 0 aliphatic rings. The molecule has 0 fully saturated rings. The Balaban J connectivity index is -0.000000302. The first-order valence-corrected chi connectivity index (χ1v) is 3.26. The smallest absolute Gasteiger partial charge is 1.00 e. The van der Waals surface area contributed by atoms with E-state index >= 15 is 0 Å². The molecule has 0 unspecified atom stereocenters. The predicted molar refractivity (Wildman–Crippen MR) is 44.0 cm³/mol. The molecule has 0 amide bonds. The molecule has 1 aromatic carbocycles. The molecular formula is C9H9NNa2. The van der Waals surface area contributed by atoms with Crippen molar-refractivity contribution in [3.63, 3.8) is 0 Å². The van der Waals surface area contributed by atoms with Crippen LogP contribution in [0.1, 0.15) is 2.85 Å². The summed E-state index contributed by atoms with van der Waals surface area (Å²) < 4.78 is 0. The first-order valence-electron chi connectivity index (χ1n) is 3.26. The van der Waals surface area contributed by atoms with Crippen molar-refractivity contribution in [2.75, 3.05) is 0 Å². The summed E-state index contributed by atoms with van der Waals surface area (Å²) in [5.41, 5.74) is 1.06. The van der Waals surface area contributed by atoms with Gasteiger partial charge < -0.3 is 2.85 Å². The molecule has 0 aliphatic heterocycles. The third-order valence-electron chi connectivity index (χ3n) is 1.51. The minimum absolute atomic E-state index is 0. The van der Waals surface area contributed by atoms with E-state index in [1.807, 2.05) is 30.5 Å². The van der Waals surface area contributed by atoms with Gasteiger partial charge in [-0.25, -0.2) is 0 Å². The second-order valence-corrected chi connectivity index (χ2v) is 2.20. The first kappa shape index (κ1) is 12.6. The van der Waals surface area contributed by atoms with Gasteiger partial charge in [0.1, 0.15) is 0 Å². The summed E-state index contributed by atoms with van der Waals surface area (Å²) >= 11 is 0. The molecule has 1 heterocycles. The minimum atomic E-state index is 0. The molecule has 0 radical (unpaired) electrons. The van der Waals surface area contributed by atoms with Crippen molar-refractivity contribution in [3.8, 4) is 0 Å². The Morgan fingerprint density at radius 1 is 0.917 bits per heavy atom. The molecule has 52 valence electrons. The molecule has 0 spiro atoms. The molecule has 3 heteroatoms. The number of hydrogen-bond acceptors (Lipinski definition) is 1. The number of para-hydroxylation sites is 1. The van der Waals surface area contributed by atoms with Gasteiger partial charge in [0, 0.05) is 11.6 Å². The molecule has 0 N–H and O–H groups in total. The molecule has 12 heavy (non-hydrogen) atoms. The van der Waals surface area contributed by atoms with Crippen LogP contribution in [0, 0.1) is 0 Å². The molecule has 0 atom stereocenters. The summed E-state index contributed by atoms with van der Waals surface area (Å²) in [7, 11) is 0. The van der Waals surface area contributed by atoms with Gasteiger partial charge in [-0.3, -0.25) is 4.98 Å². The number of rotatable bonds is 0. The third-order valence-corrected chi connectivity index (χ3v) is 1.51. The number of aromatic nitrogens is 1.